The molecular weight excluding hydrogens is 150 g/mol. The summed E-state index contributed by atoms with van der Waals surface area (Å²) in [6.45, 7) is 5.96. The van der Waals surface area contributed by atoms with Crippen LogP contribution in [0.3, 0.4) is 0 Å². The third-order valence-electron chi connectivity index (χ3n) is 2.58. The summed E-state index contributed by atoms with van der Waals surface area (Å²) in [5.41, 5.74) is 5.57. The van der Waals surface area contributed by atoms with Gasteiger partial charge < -0.3 is 5.73 Å². The second kappa shape index (κ2) is 3.17. The van der Waals surface area contributed by atoms with Crippen molar-refractivity contribution >= 4 is 5.78 Å². The molecule has 12 heavy (non-hydrogen) atoms. The highest BCUT2D eigenvalue weighted by atomic mass is 16.1. The van der Waals surface area contributed by atoms with Crippen molar-refractivity contribution < 1.29 is 4.79 Å². The summed E-state index contributed by atoms with van der Waals surface area (Å²) in [5.74, 6) is 0.621. The Labute approximate surface area is 74.5 Å². The predicted octanol–water partition coefficient (Wildman–Crippen LogP) is 1.73. The molecule has 0 amide bonds. The van der Waals surface area contributed by atoms with Gasteiger partial charge in [-0.15, -0.1) is 0 Å². The first-order valence-corrected chi connectivity index (χ1v) is 4.71. The fraction of sp³-hybridized carbons (Fsp3) is 0.900. The molecule has 2 atom stereocenters. The van der Waals surface area contributed by atoms with Crippen LogP contribution >= 0.6 is 0 Å². The Hall–Kier alpha value is -0.370. The van der Waals surface area contributed by atoms with Crippen LogP contribution in [0.2, 0.25) is 0 Å². The number of nitrogens with two attached hydrogens (primary N) is 1. The van der Waals surface area contributed by atoms with Crippen molar-refractivity contribution in [3.63, 3.8) is 0 Å². The van der Waals surface area contributed by atoms with E-state index in [1.165, 1.54) is 0 Å². The summed E-state index contributed by atoms with van der Waals surface area (Å²) in [4.78, 5) is 11.8. The van der Waals surface area contributed by atoms with Crippen LogP contribution in [-0.4, -0.2) is 11.8 Å². The molecular formula is C10H19NO. The maximum atomic E-state index is 11.8. The molecule has 2 N–H and O–H groups in total. The van der Waals surface area contributed by atoms with E-state index in [-0.39, 0.29) is 17.4 Å². The van der Waals surface area contributed by atoms with E-state index < -0.39 is 0 Å². The largest absolute Gasteiger partial charge is 0.328 e. The fourth-order valence-electron chi connectivity index (χ4n) is 1.87. The molecule has 0 radical (unpaired) electrons. The van der Waals surface area contributed by atoms with E-state index in [0.29, 0.717) is 5.78 Å². The van der Waals surface area contributed by atoms with Crippen LogP contribution in [0.25, 0.3) is 0 Å². The lowest BCUT2D eigenvalue weighted by Crippen LogP contribution is -2.28. The maximum absolute atomic E-state index is 11.8. The smallest absolute Gasteiger partial charge is 0.141 e. The number of carbonyl (C=O) groups is 1. The van der Waals surface area contributed by atoms with Crippen molar-refractivity contribution in [3.8, 4) is 0 Å². The Morgan fingerprint density at radius 2 is 1.92 bits per heavy atom. The summed E-state index contributed by atoms with van der Waals surface area (Å²) in [7, 11) is 0. The van der Waals surface area contributed by atoms with Crippen LogP contribution in [0.15, 0.2) is 0 Å². The van der Waals surface area contributed by atoms with Gasteiger partial charge in [0.05, 0.1) is 0 Å². The molecule has 1 aliphatic carbocycles. The summed E-state index contributed by atoms with van der Waals surface area (Å²) in [6, 6.07) is 0.265. The second-order valence-electron chi connectivity index (χ2n) is 4.88. The Bertz CT molecular complexity index is 181. The first-order chi connectivity index (χ1) is 5.41. The Morgan fingerprint density at radius 1 is 1.33 bits per heavy atom. The number of hydrogen-bond acceptors (Lipinski definition) is 2. The van der Waals surface area contributed by atoms with Gasteiger partial charge in [0.25, 0.3) is 0 Å². The van der Waals surface area contributed by atoms with Crippen molar-refractivity contribution in [2.24, 2.45) is 17.1 Å². The number of ketones is 1. The Kier molecular flexibility index (Phi) is 2.57. The van der Waals surface area contributed by atoms with Gasteiger partial charge >= 0.3 is 0 Å². The van der Waals surface area contributed by atoms with Gasteiger partial charge in [-0.25, -0.2) is 0 Å². The first-order valence-electron chi connectivity index (χ1n) is 4.71. The topological polar surface area (TPSA) is 43.1 Å². The summed E-state index contributed by atoms with van der Waals surface area (Å²) in [5, 5.41) is 0. The molecule has 2 heteroatoms. The average Bonchev–Trinajstić information content (AvgIpc) is 2.32. The lowest BCUT2D eigenvalue weighted by Gasteiger charge is -2.21. The Balaban J connectivity index is 2.55. The van der Waals surface area contributed by atoms with Crippen LogP contribution in [0.5, 0.6) is 0 Å². The predicted molar refractivity (Wildman–Crippen MR) is 49.8 cm³/mol. The Morgan fingerprint density at radius 3 is 2.25 bits per heavy atom. The standard InChI is InChI=1S/C10H19NO/c1-10(2,3)9(12)7-4-5-8(11)6-7/h7-8H,4-6,11H2,1-3H3/t7?,8-/m0/s1. The molecule has 0 aromatic carbocycles. The van der Waals surface area contributed by atoms with Gasteiger partial charge in [0.1, 0.15) is 5.78 Å². The minimum atomic E-state index is -0.186. The van der Waals surface area contributed by atoms with Gasteiger partial charge in [0.2, 0.25) is 0 Å². The van der Waals surface area contributed by atoms with Crippen LogP contribution < -0.4 is 5.73 Å². The molecule has 1 fully saturated rings. The zero-order valence-corrected chi connectivity index (χ0v) is 8.26. The molecule has 0 heterocycles. The van der Waals surface area contributed by atoms with Gasteiger partial charge in [-0.1, -0.05) is 20.8 Å². The number of carbonyl (C=O) groups excluding carboxylic acids is 1. The number of rotatable bonds is 1. The molecule has 1 saturated carbocycles. The zero-order valence-electron chi connectivity index (χ0n) is 8.26. The van der Waals surface area contributed by atoms with E-state index in [1.807, 2.05) is 20.8 Å². The summed E-state index contributed by atoms with van der Waals surface area (Å²) in [6.07, 6.45) is 2.92. The van der Waals surface area contributed by atoms with Crippen LogP contribution in [0.1, 0.15) is 40.0 Å². The van der Waals surface area contributed by atoms with Gasteiger partial charge in [-0.05, 0) is 19.3 Å². The highest BCUT2D eigenvalue weighted by Crippen LogP contribution is 2.31. The lowest BCUT2D eigenvalue weighted by molar-refractivity contribution is -0.130. The third-order valence-corrected chi connectivity index (χ3v) is 2.58. The molecule has 0 bridgehead atoms. The van der Waals surface area contributed by atoms with Gasteiger partial charge in [-0.3, -0.25) is 4.79 Å². The molecule has 2 nitrogen and oxygen atoms in total. The maximum Gasteiger partial charge on any atom is 0.141 e. The van der Waals surface area contributed by atoms with Crippen LogP contribution in [0, 0.1) is 11.3 Å². The molecule has 0 aromatic rings. The number of hydrogen-bond donors (Lipinski definition) is 1. The van der Waals surface area contributed by atoms with E-state index in [2.05, 4.69) is 0 Å². The SMILES string of the molecule is CC(C)(C)C(=O)C1CC[C@H](N)C1. The van der Waals surface area contributed by atoms with E-state index >= 15 is 0 Å². The normalized spacial score (nSPS) is 30.7. The van der Waals surface area contributed by atoms with Gasteiger partial charge in [-0.2, -0.15) is 0 Å². The zero-order chi connectivity index (χ0) is 9.35. The molecule has 0 saturated heterocycles. The van der Waals surface area contributed by atoms with Gasteiger partial charge in [0.15, 0.2) is 0 Å². The van der Waals surface area contributed by atoms with Crippen molar-refractivity contribution in [3.05, 3.63) is 0 Å². The van der Waals surface area contributed by atoms with Crippen molar-refractivity contribution in [2.45, 2.75) is 46.1 Å². The van der Waals surface area contributed by atoms with Crippen molar-refractivity contribution in [1.82, 2.24) is 0 Å². The van der Waals surface area contributed by atoms with E-state index in [0.717, 1.165) is 19.3 Å². The molecule has 1 aliphatic rings. The monoisotopic (exact) mass is 169 g/mol. The lowest BCUT2D eigenvalue weighted by atomic mass is 9.82. The van der Waals surface area contributed by atoms with Crippen molar-refractivity contribution in [1.29, 1.82) is 0 Å². The second-order valence-corrected chi connectivity index (χ2v) is 4.88. The highest BCUT2D eigenvalue weighted by Gasteiger charge is 2.33. The quantitative estimate of drug-likeness (QED) is 0.649. The van der Waals surface area contributed by atoms with Gasteiger partial charge in [0, 0.05) is 17.4 Å². The van der Waals surface area contributed by atoms with E-state index in [4.69, 9.17) is 5.73 Å². The molecule has 70 valence electrons. The molecule has 1 rings (SSSR count). The average molecular weight is 169 g/mol. The summed E-state index contributed by atoms with van der Waals surface area (Å²) >= 11 is 0. The number of Topliss-reactive ketones (excluding diaryl/α,β-unsaturated/α-hetero) is 1. The molecule has 0 aromatic heterocycles. The van der Waals surface area contributed by atoms with E-state index in [9.17, 15) is 4.79 Å². The minimum Gasteiger partial charge on any atom is -0.328 e. The highest BCUT2D eigenvalue weighted by molar-refractivity contribution is 5.86. The van der Waals surface area contributed by atoms with Crippen molar-refractivity contribution in [2.75, 3.05) is 0 Å². The summed E-state index contributed by atoms with van der Waals surface area (Å²) < 4.78 is 0. The first kappa shape index (κ1) is 9.72. The van der Waals surface area contributed by atoms with Crippen LogP contribution in [0.4, 0.5) is 0 Å². The fourth-order valence-corrected chi connectivity index (χ4v) is 1.87. The molecule has 0 spiro atoms. The molecule has 1 unspecified atom stereocenters. The third kappa shape index (κ3) is 2.07. The van der Waals surface area contributed by atoms with E-state index in [1.54, 1.807) is 0 Å². The molecule has 0 aliphatic heterocycles. The van der Waals surface area contributed by atoms with Crippen LogP contribution in [-0.2, 0) is 4.79 Å². The minimum absolute atomic E-state index is 0.186.